The lowest BCUT2D eigenvalue weighted by Crippen LogP contribution is -2.47. The van der Waals surface area contributed by atoms with Crippen molar-refractivity contribution in [1.29, 1.82) is 0 Å². The van der Waals surface area contributed by atoms with Gasteiger partial charge in [0, 0.05) is 19.1 Å². The predicted molar refractivity (Wildman–Crippen MR) is 81.1 cm³/mol. The molecule has 2 nitrogen and oxygen atoms in total. The fraction of sp³-hybridized carbons (Fsp3) is 1.00. The van der Waals surface area contributed by atoms with Crippen molar-refractivity contribution >= 4 is 0 Å². The Labute approximate surface area is 115 Å². The normalized spacial score (nSPS) is 23.2. The zero-order valence-electron chi connectivity index (χ0n) is 12.9. The largest absolute Gasteiger partial charge is 0.315 e. The Morgan fingerprint density at radius 1 is 1.22 bits per heavy atom. The SMILES string of the molecule is CCCCC(CC)CN1CCCCC1CNCC. The third-order valence-electron chi connectivity index (χ3n) is 4.42. The van der Waals surface area contributed by atoms with Crippen LogP contribution in [0.25, 0.3) is 0 Å². The average Bonchev–Trinajstić information content (AvgIpc) is 2.42. The van der Waals surface area contributed by atoms with E-state index in [1.54, 1.807) is 0 Å². The van der Waals surface area contributed by atoms with Crippen LogP contribution in [-0.4, -0.2) is 37.1 Å². The summed E-state index contributed by atoms with van der Waals surface area (Å²) in [5.74, 6) is 0.923. The molecule has 1 heterocycles. The molecule has 0 aromatic carbocycles. The van der Waals surface area contributed by atoms with E-state index in [0.29, 0.717) is 0 Å². The topological polar surface area (TPSA) is 15.3 Å². The second-order valence-electron chi connectivity index (χ2n) is 5.87. The summed E-state index contributed by atoms with van der Waals surface area (Å²) in [5, 5.41) is 3.54. The average molecular weight is 254 g/mol. The van der Waals surface area contributed by atoms with Crippen molar-refractivity contribution in [3.63, 3.8) is 0 Å². The molecule has 1 fully saturated rings. The van der Waals surface area contributed by atoms with Crippen LogP contribution in [-0.2, 0) is 0 Å². The van der Waals surface area contributed by atoms with Gasteiger partial charge in [0.25, 0.3) is 0 Å². The van der Waals surface area contributed by atoms with Crippen LogP contribution in [0.15, 0.2) is 0 Å². The molecule has 0 amide bonds. The van der Waals surface area contributed by atoms with E-state index in [9.17, 15) is 0 Å². The van der Waals surface area contributed by atoms with Gasteiger partial charge in [-0.1, -0.05) is 46.5 Å². The van der Waals surface area contributed by atoms with Gasteiger partial charge in [-0.05, 0) is 38.3 Å². The Bertz CT molecular complexity index is 194. The molecule has 2 heteroatoms. The molecule has 108 valence electrons. The van der Waals surface area contributed by atoms with Crippen LogP contribution in [0, 0.1) is 5.92 Å². The third-order valence-corrected chi connectivity index (χ3v) is 4.42. The fourth-order valence-electron chi connectivity index (χ4n) is 3.09. The third kappa shape index (κ3) is 5.71. The van der Waals surface area contributed by atoms with Crippen molar-refractivity contribution in [1.82, 2.24) is 10.2 Å². The highest BCUT2D eigenvalue weighted by molar-refractivity contribution is 4.80. The van der Waals surface area contributed by atoms with Crippen LogP contribution in [0.3, 0.4) is 0 Å². The molecule has 1 N–H and O–H groups in total. The first kappa shape index (κ1) is 16.0. The van der Waals surface area contributed by atoms with Gasteiger partial charge in [-0.25, -0.2) is 0 Å². The van der Waals surface area contributed by atoms with Crippen LogP contribution in [0.1, 0.15) is 65.7 Å². The van der Waals surface area contributed by atoms with Crippen molar-refractivity contribution in [2.45, 2.75) is 71.8 Å². The van der Waals surface area contributed by atoms with E-state index in [4.69, 9.17) is 0 Å². The lowest BCUT2D eigenvalue weighted by atomic mass is 9.95. The molecule has 2 atom stereocenters. The van der Waals surface area contributed by atoms with Gasteiger partial charge < -0.3 is 5.32 Å². The van der Waals surface area contributed by atoms with Crippen LogP contribution in [0.2, 0.25) is 0 Å². The van der Waals surface area contributed by atoms with E-state index in [2.05, 4.69) is 31.0 Å². The van der Waals surface area contributed by atoms with Gasteiger partial charge in [0.05, 0.1) is 0 Å². The molecule has 18 heavy (non-hydrogen) atoms. The van der Waals surface area contributed by atoms with Gasteiger partial charge in [0.2, 0.25) is 0 Å². The minimum atomic E-state index is 0.800. The zero-order valence-corrected chi connectivity index (χ0v) is 12.9. The summed E-state index contributed by atoms with van der Waals surface area (Å²) in [7, 11) is 0. The number of hydrogen-bond acceptors (Lipinski definition) is 2. The molecule has 1 aliphatic rings. The van der Waals surface area contributed by atoms with E-state index in [0.717, 1.165) is 18.5 Å². The number of nitrogens with zero attached hydrogens (tertiary/aromatic N) is 1. The Morgan fingerprint density at radius 3 is 2.72 bits per heavy atom. The van der Waals surface area contributed by atoms with Gasteiger partial charge in [-0.15, -0.1) is 0 Å². The smallest absolute Gasteiger partial charge is 0.0220 e. The van der Waals surface area contributed by atoms with Crippen molar-refractivity contribution < 1.29 is 0 Å². The Kier molecular flexibility index (Phi) is 8.70. The van der Waals surface area contributed by atoms with Gasteiger partial charge in [-0.2, -0.15) is 0 Å². The van der Waals surface area contributed by atoms with Gasteiger partial charge in [0.15, 0.2) is 0 Å². The standard InChI is InChI=1S/C16H34N2/c1-4-7-10-15(5-2)14-18-12-9-8-11-16(18)13-17-6-3/h15-17H,4-14H2,1-3H3. The van der Waals surface area contributed by atoms with Crippen molar-refractivity contribution in [3.05, 3.63) is 0 Å². The Morgan fingerprint density at radius 2 is 2.06 bits per heavy atom. The molecular formula is C16H34N2. The molecule has 0 radical (unpaired) electrons. The number of piperidine rings is 1. The molecule has 1 aliphatic heterocycles. The Balaban J connectivity index is 2.38. The number of hydrogen-bond donors (Lipinski definition) is 1. The van der Waals surface area contributed by atoms with Crippen LogP contribution >= 0.6 is 0 Å². The molecular weight excluding hydrogens is 220 g/mol. The highest BCUT2D eigenvalue weighted by Crippen LogP contribution is 2.21. The van der Waals surface area contributed by atoms with E-state index in [1.807, 2.05) is 0 Å². The van der Waals surface area contributed by atoms with Gasteiger partial charge in [0.1, 0.15) is 0 Å². The number of likely N-dealkylation sites (N-methyl/N-ethyl adjacent to an activating group) is 1. The van der Waals surface area contributed by atoms with Crippen LogP contribution in [0.4, 0.5) is 0 Å². The predicted octanol–water partition coefficient (Wildman–Crippen LogP) is 3.67. The molecule has 0 aromatic rings. The van der Waals surface area contributed by atoms with E-state index < -0.39 is 0 Å². The van der Waals surface area contributed by atoms with Crippen LogP contribution in [0.5, 0.6) is 0 Å². The molecule has 0 aliphatic carbocycles. The summed E-state index contributed by atoms with van der Waals surface area (Å²) in [6.07, 6.45) is 9.77. The summed E-state index contributed by atoms with van der Waals surface area (Å²) in [6.45, 7) is 11.9. The summed E-state index contributed by atoms with van der Waals surface area (Å²) in [5.41, 5.74) is 0. The first-order chi connectivity index (χ1) is 8.81. The summed E-state index contributed by atoms with van der Waals surface area (Å²) in [4.78, 5) is 2.77. The lowest BCUT2D eigenvalue weighted by Gasteiger charge is -2.38. The molecule has 0 bridgehead atoms. The molecule has 0 spiro atoms. The molecule has 1 saturated heterocycles. The van der Waals surface area contributed by atoms with Crippen molar-refractivity contribution in [2.24, 2.45) is 5.92 Å². The quantitative estimate of drug-likeness (QED) is 0.675. The summed E-state index contributed by atoms with van der Waals surface area (Å²) < 4.78 is 0. The number of unbranched alkanes of at least 4 members (excludes halogenated alkanes) is 1. The maximum absolute atomic E-state index is 3.54. The van der Waals surface area contributed by atoms with Gasteiger partial charge >= 0.3 is 0 Å². The zero-order chi connectivity index (χ0) is 13.2. The number of rotatable bonds is 9. The van der Waals surface area contributed by atoms with Crippen molar-refractivity contribution in [2.75, 3.05) is 26.2 Å². The minimum Gasteiger partial charge on any atom is -0.315 e. The highest BCUT2D eigenvalue weighted by Gasteiger charge is 2.23. The van der Waals surface area contributed by atoms with E-state index >= 15 is 0 Å². The molecule has 0 saturated carbocycles. The van der Waals surface area contributed by atoms with Crippen molar-refractivity contribution in [3.8, 4) is 0 Å². The molecule has 2 unspecified atom stereocenters. The number of likely N-dealkylation sites (tertiary alicyclic amines) is 1. The fourth-order valence-corrected chi connectivity index (χ4v) is 3.09. The summed E-state index contributed by atoms with van der Waals surface area (Å²) >= 11 is 0. The first-order valence-electron chi connectivity index (χ1n) is 8.26. The second kappa shape index (κ2) is 9.80. The van der Waals surface area contributed by atoms with E-state index in [-0.39, 0.29) is 0 Å². The van der Waals surface area contributed by atoms with E-state index in [1.165, 1.54) is 64.6 Å². The first-order valence-corrected chi connectivity index (χ1v) is 8.26. The van der Waals surface area contributed by atoms with Crippen LogP contribution < -0.4 is 5.32 Å². The summed E-state index contributed by atoms with van der Waals surface area (Å²) in [6, 6.07) is 0.800. The maximum atomic E-state index is 3.54. The maximum Gasteiger partial charge on any atom is 0.0220 e. The Hall–Kier alpha value is -0.0800. The molecule has 0 aromatic heterocycles. The second-order valence-corrected chi connectivity index (χ2v) is 5.87. The highest BCUT2D eigenvalue weighted by atomic mass is 15.2. The lowest BCUT2D eigenvalue weighted by molar-refractivity contribution is 0.119. The number of nitrogens with one attached hydrogen (secondary N) is 1. The molecule has 1 rings (SSSR count). The monoisotopic (exact) mass is 254 g/mol. The minimum absolute atomic E-state index is 0.800. The van der Waals surface area contributed by atoms with Gasteiger partial charge in [-0.3, -0.25) is 4.90 Å².